The van der Waals surface area contributed by atoms with Crippen LogP contribution in [0, 0.1) is 19.7 Å². The molecule has 86 valence electrons. The van der Waals surface area contributed by atoms with Gasteiger partial charge in [0.15, 0.2) is 0 Å². The van der Waals surface area contributed by atoms with Crippen LogP contribution in [-0.4, -0.2) is 6.29 Å². The number of hydrogen-bond acceptors (Lipinski definition) is 1. The Kier molecular flexibility index (Phi) is 3.05. The second kappa shape index (κ2) is 4.50. The van der Waals surface area contributed by atoms with Crippen molar-refractivity contribution in [3.05, 3.63) is 58.9 Å². The Morgan fingerprint density at radius 2 is 1.76 bits per heavy atom. The van der Waals surface area contributed by atoms with Gasteiger partial charge in [-0.3, -0.25) is 4.79 Å². The maximum atomic E-state index is 13.5. The molecular weight excluding hydrogens is 215 g/mol. The summed E-state index contributed by atoms with van der Waals surface area (Å²) in [6.07, 6.45) is 0.695. The lowest BCUT2D eigenvalue weighted by Crippen LogP contribution is -1.94. The Morgan fingerprint density at radius 1 is 1.06 bits per heavy atom. The van der Waals surface area contributed by atoms with Gasteiger partial charge in [0.05, 0.1) is 0 Å². The monoisotopic (exact) mass is 228 g/mol. The molecule has 2 rings (SSSR count). The molecule has 0 atom stereocenters. The van der Waals surface area contributed by atoms with Crippen molar-refractivity contribution >= 4 is 6.29 Å². The minimum atomic E-state index is -0.379. The van der Waals surface area contributed by atoms with Crippen molar-refractivity contribution < 1.29 is 9.18 Å². The smallest absolute Gasteiger partial charge is 0.150 e. The lowest BCUT2D eigenvalue weighted by atomic mass is 9.94. The number of aryl methyl sites for hydroxylation is 1. The van der Waals surface area contributed by atoms with Crippen LogP contribution in [-0.2, 0) is 0 Å². The number of aldehydes is 1. The van der Waals surface area contributed by atoms with E-state index in [1.807, 2.05) is 38.1 Å². The Labute approximate surface area is 99.9 Å². The second-order valence-electron chi connectivity index (χ2n) is 4.10. The normalized spacial score (nSPS) is 10.3. The van der Waals surface area contributed by atoms with Crippen LogP contribution in [0.25, 0.3) is 11.1 Å². The minimum absolute atomic E-state index is 0.379. The summed E-state index contributed by atoms with van der Waals surface area (Å²) >= 11 is 0. The molecule has 0 spiro atoms. The van der Waals surface area contributed by atoms with Gasteiger partial charge in [-0.05, 0) is 48.2 Å². The van der Waals surface area contributed by atoms with Crippen molar-refractivity contribution in [1.82, 2.24) is 0 Å². The minimum Gasteiger partial charge on any atom is -0.298 e. The van der Waals surface area contributed by atoms with Gasteiger partial charge in [0, 0.05) is 5.56 Å². The van der Waals surface area contributed by atoms with Crippen molar-refractivity contribution in [2.45, 2.75) is 13.8 Å². The predicted molar refractivity (Wildman–Crippen MR) is 66.7 cm³/mol. The second-order valence-corrected chi connectivity index (χ2v) is 4.10. The average Bonchev–Trinajstić information content (AvgIpc) is 2.32. The zero-order valence-electron chi connectivity index (χ0n) is 9.83. The molecule has 0 saturated heterocycles. The Morgan fingerprint density at radius 3 is 2.41 bits per heavy atom. The van der Waals surface area contributed by atoms with Crippen LogP contribution in [0.5, 0.6) is 0 Å². The summed E-state index contributed by atoms with van der Waals surface area (Å²) in [4.78, 5) is 10.9. The number of halogens is 1. The lowest BCUT2D eigenvalue weighted by Gasteiger charge is -2.11. The zero-order valence-corrected chi connectivity index (χ0v) is 9.83. The molecule has 2 heteroatoms. The largest absolute Gasteiger partial charge is 0.298 e. The van der Waals surface area contributed by atoms with E-state index in [1.165, 1.54) is 12.1 Å². The molecule has 0 amide bonds. The van der Waals surface area contributed by atoms with Gasteiger partial charge in [0.25, 0.3) is 0 Å². The van der Waals surface area contributed by atoms with E-state index in [1.54, 1.807) is 0 Å². The summed E-state index contributed by atoms with van der Waals surface area (Å²) in [6.45, 7) is 3.81. The average molecular weight is 228 g/mol. The fourth-order valence-corrected chi connectivity index (χ4v) is 1.98. The number of carbonyl (C=O) groups excluding carboxylic acids is 1. The fourth-order valence-electron chi connectivity index (χ4n) is 1.98. The van der Waals surface area contributed by atoms with Gasteiger partial charge in [-0.25, -0.2) is 4.39 Å². The van der Waals surface area contributed by atoms with Crippen molar-refractivity contribution in [2.75, 3.05) is 0 Å². The van der Waals surface area contributed by atoms with Gasteiger partial charge in [-0.15, -0.1) is 0 Å². The number of benzene rings is 2. The molecule has 0 bridgehead atoms. The van der Waals surface area contributed by atoms with Crippen LogP contribution in [0.4, 0.5) is 4.39 Å². The standard InChI is InChI=1S/C15H13FO/c1-10-5-3-4-6-14(10)15-8-13(16)7-12(9-17)11(15)2/h3-9H,1-2H3. The van der Waals surface area contributed by atoms with Gasteiger partial charge in [0.1, 0.15) is 12.1 Å². The molecule has 0 unspecified atom stereocenters. The van der Waals surface area contributed by atoms with E-state index in [9.17, 15) is 9.18 Å². The first-order valence-corrected chi connectivity index (χ1v) is 5.45. The summed E-state index contributed by atoms with van der Waals surface area (Å²) < 4.78 is 13.5. The number of hydrogen-bond donors (Lipinski definition) is 0. The predicted octanol–water partition coefficient (Wildman–Crippen LogP) is 3.92. The molecule has 2 aromatic carbocycles. The van der Waals surface area contributed by atoms with E-state index in [4.69, 9.17) is 0 Å². The first-order valence-electron chi connectivity index (χ1n) is 5.45. The quantitative estimate of drug-likeness (QED) is 0.712. The summed E-state index contributed by atoms with van der Waals surface area (Å²) in [7, 11) is 0. The van der Waals surface area contributed by atoms with Gasteiger partial charge < -0.3 is 0 Å². The molecule has 1 nitrogen and oxygen atoms in total. The van der Waals surface area contributed by atoms with Crippen LogP contribution in [0.2, 0.25) is 0 Å². The van der Waals surface area contributed by atoms with Crippen molar-refractivity contribution in [1.29, 1.82) is 0 Å². The Bertz CT molecular complexity index is 573. The molecule has 0 fully saturated rings. The SMILES string of the molecule is Cc1ccccc1-c1cc(F)cc(C=O)c1C. The van der Waals surface area contributed by atoms with E-state index >= 15 is 0 Å². The molecule has 0 aliphatic rings. The highest BCUT2D eigenvalue weighted by Gasteiger charge is 2.10. The topological polar surface area (TPSA) is 17.1 Å². The lowest BCUT2D eigenvalue weighted by molar-refractivity contribution is 0.112. The molecule has 0 aliphatic heterocycles. The number of carbonyl (C=O) groups is 1. The van der Waals surface area contributed by atoms with Crippen LogP contribution >= 0.6 is 0 Å². The van der Waals surface area contributed by atoms with Gasteiger partial charge in [-0.2, -0.15) is 0 Å². The summed E-state index contributed by atoms with van der Waals surface area (Å²) in [6, 6.07) is 10.5. The van der Waals surface area contributed by atoms with E-state index in [2.05, 4.69) is 0 Å². The van der Waals surface area contributed by atoms with Crippen molar-refractivity contribution in [3.8, 4) is 11.1 Å². The molecule has 0 aromatic heterocycles. The van der Waals surface area contributed by atoms with Crippen LogP contribution in [0.15, 0.2) is 36.4 Å². The Balaban J connectivity index is 2.72. The van der Waals surface area contributed by atoms with E-state index in [0.717, 1.165) is 22.3 Å². The fraction of sp³-hybridized carbons (Fsp3) is 0.133. The van der Waals surface area contributed by atoms with Gasteiger partial charge >= 0.3 is 0 Å². The summed E-state index contributed by atoms with van der Waals surface area (Å²) in [5.74, 6) is -0.379. The van der Waals surface area contributed by atoms with Crippen LogP contribution < -0.4 is 0 Å². The number of rotatable bonds is 2. The van der Waals surface area contributed by atoms with E-state index < -0.39 is 0 Å². The van der Waals surface area contributed by atoms with E-state index in [0.29, 0.717) is 11.8 Å². The first-order chi connectivity index (χ1) is 8.13. The third kappa shape index (κ3) is 2.11. The Hall–Kier alpha value is -1.96. The maximum absolute atomic E-state index is 13.5. The van der Waals surface area contributed by atoms with Gasteiger partial charge in [-0.1, -0.05) is 24.3 Å². The molecule has 2 aromatic rings. The molecule has 0 aliphatic carbocycles. The molecule has 17 heavy (non-hydrogen) atoms. The van der Waals surface area contributed by atoms with Crippen molar-refractivity contribution in [2.24, 2.45) is 0 Å². The maximum Gasteiger partial charge on any atom is 0.150 e. The first kappa shape index (κ1) is 11.5. The van der Waals surface area contributed by atoms with Crippen molar-refractivity contribution in [3.63, 3.8) is 0 Å². The molecule has 0 radical (unpaired) electrons. The zero-order chi connectivity index (χ0) is 12.4. The van der Waals surface area contributed by atoms with Gasteiger partial charge in [0.2, 0.25) is 0 Å². The third-order valence-electron chi connectivity index (χ3n) is 2.97. The van der Waals surface area contributed by atoms with Crippen LogP contribution in [0.3, 0.4) is 0 Å². The molecular formula is C15H13FO. The molecule has 0 N–H and O–H groups in total. The summed E-state index contributed by atoms with van der Waals surface area (Å²) in [5, 5.41) is 0. The highest BCUT2D eigenvalue weighted by molar-refractivity contribution is 5.83. The van der Waals surface area contributed by atoms with Crippen LogP contribution in [0.1, 0.15) is 21.5 Å². The van der Waals surface area contributed by atoms with E-state index in [-0.39, 0.29) is 5.82 Å². The highest BCUT2D eigenvalue weighted by Crippen LogP contribution is 2.28. The highest BCUT2D eigenvalue weighted by atomic mass is 19.1. The molecule has 0 saturated carbocycles. The summed E-state index contributed by atoms with van der Waals surface area (Å²) in [5.41, 5.74) is 4.04. The molecule has 0 heterocycles. The third-order valence-corrected chi connectivity index (χ3v) is 2.97.